The van der Waals surface area contributed by atoms with Crippen LogP contribution < -0.4 is 10.6 Å². The third-order valence-corrected chi connectivity index (χ3v) is 6.35. The summed E-state index contributed by atoms with van der Waals surface area (Å²) in [7, 11) is 1.85. The zero-order valence-corrected chi connectivity index (χ0v) is 19.6. The monoisotopic (exact) mass is 503 g/mol. The second kappa shape index (κ2) is 9.75. The molecule has 0 aliphatic carbocycles. The zero-order chi connectivity index (χ0) is 18.8. The van der Waals surface area contributed by atoms with Crippen LogP contribution in [-0.4, -0.2) is 60.8 Å². The Morgan fingerprint density at radius 1 is 1.21 bits per heavy atom. The van der Waals surface area contributed by atoms with Crippen molar-refractivity contribution in [3.05, 3.63) is 17.3 Å². The van der Waals surface area contributed by atoms with Gasteiger partial charge in [-0.05, 0) is 65.0 Å². The van der Waals surface area contributed by atoms with E-state index in [0.29, 0.717) is 24.2 Å². The number of rotatable bonds is 5. The summed E-state index contributed by atoms with van der Waals surface area (Å²) in [6.07, 6.45) is 6.75. The number of nitrogens with zero attached hydrogens (tertiary/aromatic N) is 3. The molecule has 2 bridgehead atoms. The summed E-state index contributed by atoms with van der Waals surface area (Å²) in [5.41, 5.74) is 1.00. The number of ether oxygens (including phenoxy) is 1. The lowest BCUT2D eigenvalue weighted by Crippen LogP contribution is -2.49. The van der Waals surface area contributed by atoms with E-state index >= 15 is 0 Å². The smallest absolute Gasteiger partial charge is 0.208 e. The minimum atomic E-state index is 0. The molecule has 3 saturated heterocycles. The summed E-state index contributed by atoms with van der Waals surface area (Å²) >= 11 is 0. The van der Waals surface area contributed by atoms with Crippen molar-refractivity contribution in [3.8, 4) is 0 Å². The van der Waals surface area contributed by atoms with Gasteiger partial charge in [0.15, 0.2) is 5.96 Å². The van der Waals surface area contributed by atoms with E-state index in [0.717, 1.165) is 55.9 Å². The predicted octanol–water partition coefficient (Wildman–Crippen LogP) is 2.61. The van der Waals surface area contributed by atoms with E-state index in [2.05, 4.69) is 25.5 Å². The predicted molar refractivity (Wildman–Crippen MR) is 120 cm³/mol. The van der Waals surface area contributed by atoms with Crippen molar-refractivity contribution in [1.29, 1.82) is 0 Å². The number of fused-ring (bicyclic) bond motifs is 2. The number of halogens is 1. The molecule has 0 radical (unpaired) electrons. The van der Waals surface area contributed by atoms with Gasteiger partial charge in [0.25, 0.3) is 0 Å². The molecular weight excluding hydrogens is 469 g/mol. The molecule has 3 atom stereocenters. The fourth-order valence-electron chi connectivity index (χ4n) is 4.55. The fraction of sp³-hybridized carbons (Fsp3) is 0.800. The molecule has 8 heteroatoms. The number of hydrogen-bond acceptors (Lipinski definition) is 5. The molecule has 0 saturated carbocycles. The molecule has 0 aromatic carbocycles. The van der Waals surface area contributed by atoms with E-state index in [1.807, 2.05) is 20.9 Å². The summed E-state index contributed by atoms with van der Waals surface area (Å²) in [5.74, 6) is 3.39. The van der Waals surface area contributed by atoms with Gasteiger partial charge in [-0.1, -0.05) is 0 Å². The molecule has 3 fully saturated rings. The van der Waals surface area contributed by atoms with Crippen LogP contribution >= 0.6 is 24.0 Å². The molecular formula is C20H34IN5O2. The second-order valence-electron chi connectivity index (χ2n) is 8.28. The quantitative estimate of drug-likeness (QED) is 0.366. The highest BCUT2D eigenvalue weighted by Gasteiger charge is 2.41. The molecule has 0 amide bonds. The van der Waals surface area contributed by atoms with Crippen LogP contribution in [0.15, 0.2) is 9.41 Å². The largest absolute Gasteiger partial charge is 0.444 e. The molecule has 158 valence electrons. The van der Waals surface area contributed by atoms with Crippen LogP contribution in [0, 0.1) is 19.8 Å². The molecule has 7 nitrogen and oxygen atoms in total. The van der Waals surface area contributed by atoms with Gasteiger partial charge >= 0.3 is 0 Å². The number of oxazole rings is 1. The molecule has 1 aromatic heterocycles. The van der Waals surface area contributed by atoms with Crippen molar-refractivity contribution in [1.82, 2.24) is 20.5 Å². The lowest BCUT2D eigenvalue weighted by molar-refractivity contribution is 0.0992. The maximum Gasteiger partial charge on any atom is 0.208 e. The maximum atomic E-state index is 5.93. The summed E-state index contributed by atoms with van der Waals surface area (Å²) in [6.45, 7) is 7.98. The Balaban J connectivity index is 0.00000225. The van der Waals surface area contributed by atoms with Crippen LogP contribution in [-0.2, 0) is 11.3 Å². The van der Waals surface area contributed by atoms with E-state index in [9.17, 15) is 0 Å². The summed E-state index contributed by atoms with van der Waals surface area (Å²) in [4.78, 5) is 11.4. The van der Waals surface area contributed by atoms with Gasteiger partial charge in [0.2, 0.25) is 5.89 Å². The van der Waals surface area contributed by atoms with Gasteiger partial charge in [0.1, 0.15) is 5.76 Å². The second-order valence-corrected chi connectivity index (χ2v) is 8.28. The van der Waals surface area contributed by atoms with E-state index in [1.54, 1.807) is 0 Å². The van der Waals surface area contributed by atoms with E-state index in [-0.39, 0.29) is 24.0 Å². The number of guanidine groups is 1. The molecule has 3 unspecified atom stereocenters. The SMILES string of the molecule is CN=C(NCC1CCN(Cc2nc(C)c(C)o2)CC1)NC1CC2CCC1O2.I. The summed E-state index contributed by atoms with van der Waals surface area (Å²) in [5, 5.41) is 7.10. The van der Waals surface area contributed by atoms with Crippen LogP contribution in [0.2, 0.25) is 0 Å². The summed E-state index contributed by atoms with van der Waals surface area (Å²) in [6, 6.07) is 0.421. The highest BCUT2D eigenvalue weighted by Crippen LogP contribution is 2.34. The van der Waals surface area contributed by atoms with Crippen molar-refractivity contribution in [2.75, 3.05) is 26.7 Å². The van der Waals surface area contributed by atoms with Gasteiger partial charge in [-0.15, -0.1) is 24.0 Å². The molecule has 2 N–H and O–H groups in total. The fourth-order valence-corrected chi connectivity index (χ4v) is 4.55. The molecule has 0 spiro atoms. The first-order chi connectivity index (χ1) is 13.1. The number of likely N-dealkylation sites (tertiary alicyclic amines) is 1. The van der Waals surface area contributed by atoms with Gasteiger partial charge in [-0.3, -0.25) is 9.89 Å². The molecule has 28 heavy (non-hydrogen) atoms. The van der Waals surface area contributed by atoms with Crippen LogP contribution in [0.3, 0.4) is 0 Å². The van der Waals surface area contributed by atoms with Gasteiger partial charge in [0.05, 0.1) is 30.5 Å². The van der Waals surface area contributed by atoms with Crippen molar-refractivity contribution in [2.45, 2.75) is 70.7 Å². The first-order valence-electron chi connectivity index (χ1n) is 10.4. The van der Waals surface area contributed by atoms with E-state index < -0.39 is 0 Å². The Labute approximate surface area is 185 Å². The van der Waals surface area contributed by atoms with Gasteiger partial charge in [-0.2, -0.15) is 0 Å². The standard InChI is InChI=1S/C20H33N5O2.HI/c1-13-14(2)26-19(23-13)12-25-8-6-15(7-9-25)11-22-20(21-3)24-17-10-16-4-5-18(17)27-16;/h15-18H,4-12H2,1-3H3,(H2,21,22,24);1H. The van der Waals surface area contributed by atoms with Crippen LogP contribution in [0.25, 0.3) is 0 Å². The van der Waals surface area contributed by atoms with Crippen molar-refractivity contribution >= 4 is 29.9 Å². The number of hydrogen-bond donors (Lipinski definition) is 2. The van der Waals surface area contributed by atoms with Crippen LogP contribution in [0.1, 0.15) is 49.4 Å². The summed E-state index contributed by atoms with van der Waals surface area (Å²) < 4.78 is 11.7. The first kappa shape index (κ1) is 21.8. The average molecular weight is 503 g/mol. The minimum Gasteiger partial charge on any atom is -0.444 e. The lowest BCUT2D eigenvalue weighted by Gasteiger charge is -2.31. The van der Waals surface area contributed by atoms with Crippen molar-refractivity contribution in [3.63, 3.8) is 0 Å². The van der Waals surface area contributed by atoms with Gasteiger partial charge < -0.3 is 19.8 Å². The maximum absolute atomic E-state index is 5.93. The Kier molecular flexibility index (Phi) is 7.60. The topological polar surface area (TPSA) is 74.9 Å². The first-order valence-corrected chi connectivity index (χ1v) is 10.4. The third kappa shape index (κ3) is 5.18. The Bertz CT molecular complexity index is 652. The number of piperidine rings is 1. The number of nitrogens with one attached hydrogen (secondary N) is 2. The van der Waals surface area contributed by atoms with Crippen LogP contribution in [0.5, 0.6) is 0 Å². The zero-order valence-electron chi connectivity index (χ0n) is 17.2. The van der Waals surface area contributed by atoms with Crippen molar-refractivity contribution in [2.24, 2.45) is 10.9 Å². The lowest BCUT2D eigenvalue weighted by atomic mass is 9.95. The molecule has 3 aliphatic heterocycles. The third-order valence-electron chi connectivity index (χ3n) is 6.35. The highest BCUT2D eigenvalue weighted by molar-refractivity contribution is 14.0. The highest BCUT2D eigenvalue weighted by atomic mass is 127. The normalized spacial score (nSPS) is 28.4. The molecule has 1 aromatic rings. The average Bonchev–Trinajstić information content (AvgIpc) is 3.36. The van der Waals surface area contributed by atoms with Gasteiger partial charge in [0, 0.05) is 13.6 Å². The van der Waals surface area contributed by atoms with Crippen LogP contribution in [0.4, 0.5) is 0 Å². The Morgan fingerprint density at radius 2 is 2.00 bits per heavy atom. The minimum absolute atomic E-state index is 0. The number of aromatic nitrogens is 1. The number of aryl methyl sites for hydroxylation is 2. The molecule has 4 rings (SSSR count). The Morgan fingerprint density at radius 3 is 2.57 bits per heavy atom. The van der Waals surface area contributed by atoms with Crippen molar-refractivity contribution < 1.29 is 9.15 Å². The molecule has 3 aliphatic rings. The number of aliphatic imine (C=N–C) groups is 1. The van der Waals surface area contributed by atoms with Gasteiger partial charge in [-0.25, -0.2) is 4.98 Å². The van der Waals surface area contributed by atoms with E-state index in [1.165, 1.54) is 25.7 Å². The Hall–Kier alpha value is -0.870. The molecule has 4 heterocycles. The van der Waals surface area contributed by atoms with E-state index in [4.69, 9.17) is 9.15 Å².